The summed E-state index contributed by atoms with van der Waals surface area (Å²) in [5, 5.41) is -0.100. The number of hydrogen-bond donors (Lipinski definition) is 1. The van der Waals surface area contributed by atoms with Gasteiger partial charge in [-0.2, -0.15) is 0 Å². The van der Waals surface area contributed by atoms with Gasteiger partial charge in [-0.05, 0) is 18.1 Å². The molecule has 1 saturated carbocycles. The highest BCUT2D eigenvalue weighted by Gasteiger charge is 2.86. The van der Waals surface area contributed by atoms with Crippen LogP contribution in [-0.4, -0.2) is 36.0 Å². The van der Waals surface area contributed by atoms with Crippen molar-refractivity contribution in [3.63, 3.8) is 0 Å². The summed E-state index contributed by atoms with van der Waals surface area (Å²) < 4.78 is 41.3. The quantitative estimate of drug-likeness (QED) is 0.822. The minimum absolute atomic E-state index is 0.0137. The molecule has 1 aromatic heterocycles. The van der Waals surface area contributed by atoms with Gasteiger partial charge in [0.1, 0.15) is 6.23 Å². The first-order chi connectivity index (χ1) is 11.3. The first kappa shape index (κ1) is 18.5. The minimum Gasteiger partial charge on any atom is -0.414 e. The van der Waals surface area contributed by atoms with Gasteiger partial charge >= 0.3 is 5.69 Å². The topological polar surface area (TPSA) is 73.3 Å². The Hall–Kier alpha value is -1.32. The summed E-state index contributed by atoms with van der Waals surface area (Å²) in [6.45, 7) is 9.93. The van der Waals surface area contributed by atoms with Gasteiger partial charge in [-0.15, -0.1) is 0 Å². The Balaban J connectivity index is 1.79. The second kappa shape index (κ2) is 5.34. The molecule has 3 rings (SSSR count). The van der Waals surface area contributed by atoms with E-state index in [1.165, 1.54) is 12.3 Å². The van der Waals surface area contributed by atoms with Gasteiger partial charge in [0.15, 0.2) is 13.9 Å². The first-order valence-electron chi connectivity index (χ1n) is 8.33. The van der Waals surface area contributed by atoms with Crippen LogP contribution in [0.25, 0.3) is 0 Å². The molecule has 2 fully saturated rings. The van der Waals surface area contributed by atoms with Gasteiger partial charge in [-0.1, -0.05) is 20.8 Å². The maximum Gasteiger partial charge on any atom is 0.330 e. The summed E-state index contributed by atoms with van der Waals surface area (Å²) in [6.07, 6.45) is 0.466. The molecule has 0 bridgehead atoms. The second-order valence-corrected chi connectivity index (χ2v) is 13.2. The van der Waals surface area contributed by atoms with Crippen LogP contribution in [0.1, 0.15) is 33.4 Å². The molecule has 9 heteroatoms. The van der Waals surface area contributed by atoms with Crippen LogP contribution >= 0.6 is 0 Å². The predicted molar refractivity (Wildman–Crippen MR) is 90.4 cm³/mol. The highest BCUT2D eigenvalue weighted by Crippen LogP contribution is 2.69. The SMILES string of the molecule is CC(C)(C)[Si](C)(C)OC[C@@]12O[C@@H](n3ccc(=O)[nH]c3=O)C[C@@H]1C2(F)F. The molecule has 1 aliphatic carbocycles. The molecule has 1 N–H and O–H groups in total. The zero-order valence-electron chi connectivity index (χ0n) is 15.1. The lowest BCUT2D eigenvalue weighted by Gasteiger charge is -2.37. The van der Waals surface area contributed by atoms with E-state index in [9.17, 15) is 18.4 Å². The molecule has 1 saturated heterocycles. The average molecular weight is 374 g/mol. The Morgan fingerprint density at radius 1 is 1.40 bits per heavy atom. The predicted octanol–water partition coefficient (Wildman–Crippen LogP) is 2.48. The third-order valence-corrected chi connectivity index (χ3v) is 10.4. The van der Waals surface area contributed by atoms with Crippen molar-refractivity contribution in [1.29, 1.82) is 0 Å². The van der Waals surface area contributed by atoms with Crippen molar-refractivity contribution < 1.29 is 17.9 Å². The smallest absolute Gasteiger partial charge is 0.330 e. The maximum absolute atomic E-state index is 14.3. The van der Waals surface area contributed by atoms with Crippen LogP contribution < -0.4 is 11.2 Å². The van der Waals surface area contributed by atoms with E-state index < -0.39 is 43.2 Å². The molecule has 3 atom stereocenters. The summed E-state index contributed by atoms with van der Waals surface area (Å²) in [6, 6.07) is 1.17. The molecule has 2 aliphatic rings. The van der Waals surface area contributed by atoms with E-state index in [2.05, 4.69) is 4.98 Å². The lowest BCUT2D eigenvalue weighted by molar-refractivity contribution is -0.129. The summed E-state index contributed by atoms with van der Waals surface area (Å²) >= 11 is 0. The van der Waals surface area contributed by atoms with E-state index in [4.69, 9.17) is 9.16 Å². The van der Waals surface area contributed by atoms with Gasteiger partial charge in [0.2, 0.25) is 0 Å². The Kier molecular flexibility index (Phi) is 3.94. The Morgan fingerprint density at radius 3 is 2.60 bits per heavy atom. The van der Waals surface area contributed by atoms with Gasteiger partial charge in [0.25, 0.3) is 11.5 Å². The molecular formula is C16H24F2N2O4Si. The van der Waals surface area contributed by atoms with Crippen LogP contribution in [0, 0.1) is 5.92 Å². The highest BCUT2D eigenvalue weighted by molar-refractivity contribution is 6.74. The molecule has 0 unspecified atom stereocenters. The second-order valence-electron chi connectivity index (χ2n) is 8.44. The molecule has 0 aromatic carbocycles. The standard InChI is InChI=1S/C16H24F2N2O4Si/c1-14(2,3)25(4,5)23-9-15-10(16(15,17)18)8-12(24-15)20-7-6-11(21)19-13(20)22/h6-7,10,12H,8-9H2,1-5H3,(H,19,21,22)/t10-,12+,15+/m0/s1. The summed E-state index contributed by atoms with van der Waals surface area (Å²) in [4.78, 5) is 25.2. The van der Waals surface area contributed by atoms with Gasteiger partial charge < -0.3 is 9.16 Å². The molecular weight excluding hydrogens is 350 g/mol. The lowest BCUT2D eigenvalue weighted by Crippen LogP contribution is -2.45. The zero-order valence-corrected chi connectivity index (χ0v) is 16.1. The van der Waals surface area contributed by atoms with Crippen molar-refractivity contribution in [3.05, 3.63) is 33.1 Å². The number of nitrogens with one attached hydrogen (secondary N) is 1. The number of nitrogens with zero attached hydrogens (tertiary/aromatic N) is 1. The van der Waals surface area contributed by atoms with Crippen LogP contribution in [0.15, 0.2) is 21.9 Å². The lowest BCUT2D eigenvalue weighted by atomic mass is 10.2. The summed E-state index contributed by atoms with van der Waals surface area (Å²) in [7, 11) is -2.20. The Labute approximate surface area is 145 Å². The number of halogens is 2. The van der Waals surface area contributed by atoms with E-state index >= 15 is 0 Å². The van der Waals surface area contributed by atoms with Crippen LogP contribution in [-0.2, 0) is 9.16 Å². The summed E-state index contributed by atoms with van der Waals surface area (Å²) in [5.41, 5.74) is -2.88. The van der Waals surface area contributed by atoms with Crippen LogP contribution in [0.5, 0.6) is 0 Å². The van der Waals surface area contributed by atoms with E-state index in [-0.39, 0.29) is 18.1 Å². The molecule has 1 aromatic rings. The molecule has 140 valence electrons. The number of aromatic amines is 1. The number of ether oxygens (including phenoxy) is 1. The van der Waals surface area contributed by atoms with Crippen molar-refractivity contribution >= 4 is 8.32 Å². The molecule has 0 spiro atoms. The van der Waals surface area contributed by atoms with Gasteiger partial charge in [-0.3, -0.25) is 14.3 Å². The van der Waals surface area contributed by atoms with Crippen LogP contribution in [0.3, 0.4) is 0 Å². The minimum atomic E-state index is -2.96. The largest absolute Gasteiger partial charge is 0.414 e. The van der Waals surface area contributed by atoms with E-state index in [0.29, 0.717) is 0 Å². The van der Waals surface area contributed by atoms with Crippen molar-refractivity contribution in [2.24, 2.45) is 5.92 Å². The monoisotopic (exact) mass is 374 g/mol. The maximum atomic E-state index is 14.3. The van der Waals surface area contributed by atoms with Gasteiger partial charge in [-0.25, -0.2) is 13.6 Å². The first-order valence-corrected chi connectivity index (χ1v) is 11.2. The molecule has 2 heterocycles. The number of H-pyrrole nitrogens is 1. The molecule has 25 heavy (non-hydrogen) atoms. The van der Waals surface area contributed by atoms with Crippen molar-refractivity contribution in [2.75, 3.05) is 6.61 Å². The molecule has 0 amide bonds. The van der Waals surface area contributed by atoms with Crippen LogP contribution in [0.4, 0.5) is 8.78 Å². The number of hydrogen-bond acceptors (Lipinski definition) is 4. The number of rotatable bonds is 4. The third kappa shape index (κ3) is 2.72. The Morgan fingerprint density at radius 2 is 2.04 bits per heavy atom. The fourth-order valence-corrected chi connectivity index (χ4v) is 4.07. The molecule has 1 aliphatic heterocycles. The van der Waals surface area contributed by atoms with E-state index in [1.807, 2.05) is 33.9 Å². The fraction of sp³-hybridized carbons (Fsp3) is 0.750. The number of aromatic nitrogens is 2. The number of fused-ring (bicyclic) bond motifs is 1. The van der Waals surface area contributed by atoms with Gasteiger partial charge in [0.05, 0.1) is 12.5 Å². The van der Waals surface area contributed by atoms with Crippen molar-refractivity contribution in [3.8, 4) is 0 Å². The van der Waals surface area contributed by atoms with E-state index in [1.54, 1.807) is 0 Å². The molecule has 6 nitrogen and oxygen atoms in total. The van der Waals surface area contributed by atoms with Crippen molar-refractivity contribution in [2.45, 2.75) is 63.1 Å². The average Bonchev–Trinajstić information content (AvgIpc) is 2.79. The normalized spacial score (nSPS) is 31.0. The fourth-order valence-electron chi connectivity index (χ4n) is 3.06. The third-order valence-electron chi connectivity index (χ3n) is 5.88. The van der Waals surface area contributed by atoms with E-state index in [0.717, 1.165) is 4.57 Å². The Bertz CT molecular complexity index is 798. The zero-order chi connectivity index (χ0) is 18.8. The van der Waals surface area contributed by atoms with Gasteiger partial charge in [0, 0.05) is 18.7 Å². The summed E-state index contributed by atoms with van der Waals surface area (Å²) in [5.74, 6) is -3.94. The van der Waals surface area contributed by atoms with Crippen molar-refractivity contribution in [1.82, 2.24) is 9.55 Å². The number of alkyl halides is 2. The van der Waals surface area contributed by atoms with Crippen LogP contribution in [0.2, 0.25) is 18.1 Å². The molecule has 0 radical (unpaired) electrons. The highest BCUT2D eigenvalue weighted by atomic mass is 28.4.